The molecular weight excluding hydrogens is 138 g/mol. The van der Waals surface area contributed by atoms with Crippen LogP contribution >= 0.6 is 0 Å². The molecule has 11 heavy (non-hydrogen) atoms. The van der Waals surface area contributed by atoms with Gasteiger partial charge in [0.05, 0.1) is 0 Å². The zero-order valence-corrected chi connectivity index (χ0v) is 6.03. The first kappa shape index (κ1) is 6.58. The summed E-state index contributed by atoms with van der Waals surface area (Å²) >= 11 is 0. The van der Waals surface area contributed by atoms with E-state index < -0.39 is 0 Å². The molecule has 1 aliphatic rings. The molecule has 0 aliphatic heterocycles. The number of hydrogen-bond donors (Lipinski definition) is 1. The zero-order chi connectivity index (χ0) is 7.68. The van der Waals surface area contributed by atoms with E-state index in [1.54, 1.807) is 0 Å². The number of hydrogen-bond acceptors (Lipinski definition) is 2. The van der Waals surface area contributed by atoms with Crippen LogP contribution in [0.15, 0.2) is 30.3 Å². The first-order valence-electron chi connectivity index (χ1n) is 3.54. The van der Waals surface area contributed by atoms with Crippen molar-refractivity contribution in [3.63, 3.8) is 0 Å². The molecule has 56 valence electrons. The molecule has 0 fully saturated rings. The van der Waals surface area contributed by atoms with Gasteiger partial charge in [-0.15, -0.1) is 0 Å². The Morgan fingerprint density at radius 3 is 2.91 bits per heavy atom. The molecule has 1 unspecified atom stereocenters. The van der Waals surface area contributed by atoms with E-state index in [0.717, 1.165) is 5.56 Å². The molecule has 0 amide bonds. The van der Waals surface area contributed by atoms with Crippen molar-refractivity contribution in [3.8, 4) is 0 Å². The lowest BCUT2D eigenvalue weighted by atomic mass is 10.1. The third-order valence-electron chi connectivity index (χ3n) is 1.90. The van der Waals surface area contributed by atoms with E-state index in [9.17, 15) is 0 Å². The number of nitrogens with two attached hydrogens (primary N) is 1. The Labute approximate surface area is 65.2 Å². The van der Waals surface area contributed by atoms with Gasteiger partial charge >= 0.3 is 0 Å². The minimum atomic E-state index is -0.0498. The second kappa shape index (κ2) is 2.49. The molecule has 1 aromatic carbocycles. The topological polar surface area (TPSA) is 35.2 Å². The molecule has 0 aromatic heterocycles. The van der Waals surface area contributed by atoms with Gasteiger partial charge in [0.1, 0.15) is 6.10 Å². The van der Waals surface area contributed by atoms with Crippen LogP contribution in [0.3, 0.4) is 0 Å². The van der Waals surface area contributed by atoms with E-state index in [1.165, 1.54) is 5.56 Å². The second-order valence-electron chi connectivity index (χ2n) is 2.54. The highest BCUT2D eigenvalue weighted by atomic mass is 16.6. The fourth-order valence-corrected chi connectivity index (χ4v) is 1.34. The van der Waals surface area contributed by atoms with Gasteiger partial charge in [0.15, 0.2) is 0 Å². The van der Waals surface area contributed by atoms with Crippen LogP contribution in [-0.2, 0) is 4.84 Å². The standard InChI is InChI=1S/C9H9NO/c10-11-9-6-5-7-3-1-2-4-8(7)9/h1-6,9H,10H2. The molecule has 0 heterocycles. The lowest BCUT2D eigenvalue weighted by Gasteiger charge is -2.06. The highest BCUT2D eigenvalue weighted by Crippen LogP contribution is 2.28. The normalized spacial score (nSPS) is 20.3. The van der Waals surface area contributed by atoms with E-state index in [0.29, 0.717) is 0 Å². The molecule has 0 saturated carbocycles. The number of benzene rings is 1. The van der Waals surface area contributed by atoms with E-state index in [4.69, 9.17) is 10.7 Å². The van der Waals surface area contributed by atoms with Crippen LogP contribution in [0.25, 0.3) is 6.08 Å². The smallest absolute Gasteiger partial charge is 0.123 e. The maximum Gasteiger partial charge on any atom is 0.123 e. The maximum atomic E-state index is 5.10. The summed E-state index contributed by atoms with van der Waals surface area (Å²) in [6.07, 6.45) is 3.92. The Morgan fingerprint density at radius 2 is 2.09 bits per heavy atom. The van der Waals surface area contributed by atoms with E-state index in [-0.39, 0.29) is 6.10 Å². The molecule has 2 N–H and O–H groups in total. The van der Waals surface area contributed by atoms with Crippen LogP contribution in [0.2, 0.25) is 0 Å². The van der Waals surface area contributed by atoms with Gasteiger partial charge in [-0.25, -0.2) is 5.90 Å². The van der Waals surface area contributed by atoms with E-state index >= 15 is 0 Å². The molecule has 0 radical (unpaired) electrons. The lowest BCUT2D eigenvalue weighted by Crippen LogP contribution is -2.04. The van der Waals surface area contributed by atoms with Crippen LogP contribution in [0.5, 0.6) is 0 Å². The summed E-state index contributed by atoms with van der Waals surface area (Å²) in [5.41, 5.74) is 2.35. The van der Waals surface area contributed by atoms with Crippen molar-refractivity contribution in [2.24, 2.45) is 5.90 Å². The van der Waals surface area contributed by atoms with Crippen LogP contribution in [0.4, 0.5) is 0 Å². The fraction of sp³-hybridized carbons (Fsp3) is 0.111. The summed E-state index contributed by atoms with van der Waals surface area (Å²) in [6, 6.07) is 8.05. The van der Waals surface area contributed by atoms with E-state index in [2.05, 4.69) is 0 Å². The largest absolute Gasteiger partial charge is 0.292 e. The summed E-state index contributed by atoms with van der Waals surface area (Å²) in [5, 5.41) is 0. The average molecular weight is 147 g/mol. The third-order valence-corrected chi connectivity index (χ3v) is 1.90. The molecule has 2 nitrogen and oxygen atoms in total. The summed E-state index contributed by atoms with van der Waals surface area (Å²) in [7, 11) is 0. The predicted octanol–water partition coefficient (Wildman–Crippen LogP) is 1.64. The van der Waals surface area contributed by atoms with Gasteiger partial charge in [-0.3, -0.25) is 4.84 Å². The van der Waals surface area contributed by atoms with Crippen LogP contribution < -0.4 is 5.90 Å². The average Bonchev–Trinajstić information content (AvgIpc) is 2.47. The minimum Gasteiger partial charge on any atom is -0.292 e. The zero-order valence-electron chi connectivity index (χ0n) is 6.03. The van der Waals surface area contributed by atoms with Crippen molar-refractivity contribution in [2.75, 3.05) is 0 Å². The van der Waals surface area contributed by atoms with Crippen molar-refractivity contribution < 1.29 is 4.84 Å². The highest BCUT2D eigenvalue weighted by molar-refractivity contribution is 5.61. The molecule has 0 bridgehead atoms. The summed E-state index contributed by atoms with van der Waals surface area (Å²) in [6.45, 7) is 0. The highest BCUT2D eigenvalue weighted by Gasteiger charge is 2.15. The van der Waals surface area contributed by atoms with Crippen molar-refractivity contribution in [1.29, 1.82) is 0 Å². The fourth-order valence-electron chi connectivity index (χ4n) is 1.34. The summed E-state index contributed by atoms with van der Waals surface area (Å²) < 4.78 is 0. The molecule has 0 saturated heterocycles. The molecule has 1 atom stereocenters. The van der Waals surface area contributed by atoms with Crippen molar-refractivity contribution >= 4 is 6.08 Å². The van der Waals surface area contributed by atoms with Crippen LogP contribution in [0.1, 0.15) is 17.2 Å². The van der Waals surface area contributed by atoms with Gasteiger partial charge in [-0.2, -0.15) is 0 Å². The van der Waals surface area contributed by atoms with Gasteiger partial charge in [-0.05, 0) is 17.2 Å². The van der Waals surface area contributed by atoms with Crippen LogP contribution in [0, 0.1) is 0 Å². The number of fused-ring (bicyclic) bond motifs is 1. The number of rotatable bonds is 1. The first-order chi connectivity index (χ1) is 5.42. The predicted molar refractivity (Wildman–Crippen MR) is 43.5 cm³/mol. The molecule has 0 spiro atoms. The summed E-state index contributed by atoms with van der Waals surface area (Å²) in [5.74, 6) is 5.10. The Kier molecular flexibility index (Phi) is 1.49. The SMILES string of the molecule is NOC1C=Cc2ccccc21. The third kappa shape index (κ3) is 0.964. The van der Waals surface area contributed by atoms with Crippen molar-refractivity contribution in [2.45, 2.75) is 6.10 Å². The van der Waals surface area contributed by atoms with Gasteiger partial charge in [0.25, 0.3) is 0 Å². The van der Waals surface area contributed by atoms with Gasteiger partial charge in [0.2, 0.25) is 0 Å². The van der Waals surface area contributed by atoms with E-state index in [1.807, 2.05) is 36.4 Å². The molecule has 1 aromatic rings. The van der Waals surface area contributed by atoms with Crippen LogP contribution in [-0.4, -0.2) is 0 Å². The van der Waals surface area contributed by atoms with Gasteiger partial charge in [-0.1, -0.05) is 30.3 Å². The molecule has 1 aliphatic carbocycles. The second-order valence-corrected chi connectivity index (χ2v) is 2.54. The van der Waals surface area contributed by atoms with Gasteiger partial charge in [0, 0.05) is 0 Å². The molecule has 2 heteroatoms. The Balaban J connectivity index is 2.46. The molecular formula is C9H9NO. The van der Waals surface area contributed by atoms with Gasteiger partial charge < -0.3 is 0 Å². The Bertz CT molecular complexity index is 293. The molecule has 2 rings (SSSR count). The Hall–Kier alpha value is -1.12. The minimum absolute atomic E-state index is 0.0498. The first-order valence-corrected chi connectivity index (χ1v) is 3.54. The summed E-state index contributed by atoms with van der Waals surface area (Å²) in [4.78, 5) is 4.75. The van der Waals surface area contributed by atoms with Crippen molar-refractivity contribution in [1.82, 2.24) is 0 Å². The maximum absolute atomic E-state index is 5.10. The van der Waals surface area contributed by atoms with Crippen molar-refractivity contribution in [3.05, 3.63) is 41.5 Å². The quantitative estimate of drug-likeness (QED) is 0.613. The monoisotopic (exact) mass is 147 g/mol. The Morgan fingerprint density at radius 1 is 1.27 bits per heavy atom. The lowest BCUT2D eigenvalue weighted by molar-refractivity contribution is 0.0889.